The van der Waals surface area contributed by atoms with Gasteiger partial charge in [0.15, 0.2) is 0 Å². The SMILES string of the molecule is NCC#Cc1ccc(F)c(C(=O)Nc2cnoc2)c1. The molecule has 96 valence electrons. The molecule has 3 N–H and O–H groups in total. The van der Waals surface area contributed by atoms with E-state index in [1.165, 1.54) is 30.7 Å². The number of nitrogens with one attached hydrogen (secondary N) is 1. The predicted octanol–water partition coefficient (Wildman–Crippen LogP) is 1.38. The Bertz CT molecular complexity index is 642. The van der Waals surface area contributed by atoms with Gasteiger partial charge >= 0.3 is 0 Å². The molecule has 1 amide bonds. The molecule has 19 heavy (non-hydrogen) atoms. The van der Waals surface area contributed by atoms with Crippen LogP contribution in [0.2, 0.25) is 0 Å². The van der Waals surface area contributed by atoms with Crippen LogP contribution in [0.5, 0.6) is 0 Å². The fourth-order valence-corrected chi connectivity index (χ4v) is 1.40. The third-order valence-electron chi connectivity index (χ3n) is 2.24. The van der Waals surface area contributed by atoms with Crippen LogP contribution in [0.15, 0.2) is 35.2 Å². The van der Waals surface area contributed by atoms with Gasteiger partial charge in [-0.1, -0.05) is 17.0 Å². The molecular weight excluding hydrogens is 249 g/mol. The highest BCUT2D eigenvalue weighted by atomic mass is 19.1. The molecule has 0 radical (unpaired) electrons. The third-order valence-corrected chi connectivity index (χ3v) is 2.24. The first-order valence-electron chi connectivity index (χ1n) is 5.40. The van der Waals surface area contributed by atoms with Gasteiger partial charge in [0.1, 0.15) is 17.8 Å². The Kier molecular flexibility index (Phi) is 3.90. The van der Waals surface area contributed by atoms with Gasteiger partial charge in [0.25, 0.3) is 5.91 Å². The molecule has 0 unspecified atom stereocenters. The number of amides is 1. The van der Waals surface area contributed by atoms with Gasteiger partial charge in [-0.05, 0) is 18.2 Å². The Hall–Kier alpha value is -2.65. The molecule has 1 heterocycles. The van der Waals surface area contributed by atoms with E-state index in [-0.39, 0.29) is 12.1 Å². The lowest BCUT2D eigenvalue weighted by Gasteiger charge is -2.03. The fourth-order valence-electron chi connectivity index (χ4n) is 1.40. The summed E-state index contributed by atoms with van der Waals surface area (Å²) in [4.78, 5) is 11.9. The first kappa shape index (κ1) is 12.8. The second-order valence-electron chi connectivity index (χ2n) is 3.57. The van der Waals surface area contributed by atoms with Crippen LogP contribution < -0.4 is 11.1 Å². The summed E-state index contributed by atoms with van der Waals surface area (Å²) in [7, 11) is 0. The smallest absolute Gasteiger partial charge is 0.258 e. The van der Waals surface area contributed by atoms with Gasteiger partial charge in [-0.15, -0.1) is 0 Å². The van der Waals surface area contributed by atoms with Gasteiger partial charge in [-0.25, -0.2) is 4.39 Å². The quantitative estimate of drug-likeness (QED) is 0.798. The highest BCUT2D eigenvalue weighted by Gasteiger charge is 2.13. The molecule has 1 aromatic carbocycles. The van der Waals surface area contributed by atoms with E-state index in [9.17, 15) is 9.18 Å². The maximum atomic E-state index is 13.6. The summed E-state index contributed by atoms with van der Waals surface area (Å²) in [6, 6.07) is 4.03. The molecule has 0 aliphatic carbocycles. The van der Waals surface area contributed by atoms with Crippen LogP contribution in [0.3, 0.4) is 0 Å². The van der Waals surface area contributed by atoms with E-state index in [4.69, 9.17) is 5.73 Å². The van der Waals surface area contributed by atoms with Gasteiger partial charge in [0.2, 0.25) is 0 Å². The minimum atomic E-state index is -0.632. The lowest BCUT2D eigenvalue weighted by atomic mass is 10.1. The molecule has 2 rings (SSSR count). The molecule has 0 bridgehead atoms. The normalized spacial score (nSPS) is 9.58. The van der Waals surface area contributed by atoms with Crippen LogP contribution in [-0.4, -0.2) is 17.6 Å². The van der Waals surface area contributed by atoms with E-state index in [1.807, 2.05) is 0 Å². The zero-order valence-corrected chi connectivity index (χ0v) is 9.81. The summed E-state index contributed by atoms with van der Waals surface area (Å²) in [6.07, 6.45) is 2.56. The van der Waals surface area contributed by atoms with Gasteiger partial charge in [-0.3, -0.25) is 4.79 Å². The van der Waals surface area contributed by atoms with Crippen molar-refractivity contribution in [2.24, 2.45) is 5.73 Å². The number of anilines is 1. The Morgan fingerprint density at radius 1 is 1.53 bits per heavy atom. The molecule has 0 fully saturated rings. The molecular formula is C13H10FN3O2. The Labute approximate surface area is 108 Å². The number of nitrogens with two attached hydrogens (primary N) is 1. The molecule has 0 aliphatic heterocycles. The van der Waals surface area contributed by atoms with Crippen molar-refractivity contribution in [3.05, 3.63) is 47.6 Å². The number of carbonyl (C=O) groups excluding carboxylic acids is 1. The van der Waals surface area contributed by atoms with Crippen molar-refractivity contribution in [2.75, 3.05) is 11.9 Å². The van der Waals surface area contributed by atoms with E-state index < -0.39 is 11.7 Å². The van der Waals surface area contributed by atoms with Crippen LogP contribution in [0, 0.1) is 17.7 Å². The van der Waals surface area contributed by atoms with Crippen molar-refractivity contribution in [3.63, 3.8) is 0 Å². The summed E-state index contributed by atoms with van der Waals surface area (Å²) in [5.41, 5.74) is 6.01. The summed E-state index contributed by atoms with van der Waals surface area (Å²) >= 11 is 0. The first-order valence-corrected chi connectivity index (χ1v) is 5.40. The number of aromatic nitrogens is 1. The molecule has 0 saturated heterocycles. The molecule has 0 aliphatic rings. The third kappa shape index (κ3) is 3.18. The second-order valence-corrected chi connectivity index (χ2v) is 3.57. The summed E-state index contributed by atoms with van der Waals surface area (Å²) in [6.45, 7) is 0.194. The second kappa shape index (κ2) is 5.80. The van der Waals surface area contributed by atoms with Crippen molar-refractivity contribution >= 4 is 11.6 Å². The van der Waals surface area contributed by atoms with Gasteiger partial charge in [0, 0.05) is 5.56 Å². The van der Waals surface area contributed by atoms with Crippen LogP contribution in [-0.2, 0) is 0 Å². The van der Waals surface area contributed by atoms with Crippen molar-refractivity contribution in [1.82, 2.24) is 5.16 Å². The topological polar surface area (TPSA) is 81.2 Å². The van der Waals surface area contributed by atoms with Crippen LogP contribution >= 0.6 is 0 Å². The monoisotopic (exact) mass is 259 g/mol. The minimum absolute atomic E-state index is 0.106. The lowest BCUT2D eigenvalue weighted by molar-refractivity contribution is 0.102. The summed E-state index contributed by atoms with van der Waals surface area (Å²) < 4.78 is 18.2. The lowest BCUT2D eigenvalue weighted by Crippen LogP contribution is -2.13. The molecule has 0 saturated carbocycles. The largest absolute Gasteiger partial charge is 0.363 e. The Balaban J connectivity index is 2.25. The highest BCUT2D eigenvalue weighted by molar-refractivity contribution is 6.04. The van der Waals surface area contributed by atoms with E-state index in [1.54, 1.807) is 0 Å². The highest BCUT2D eigenvalue weighted by Crippen LogP contribution is 2.13. The van der Waals surface area contributed by atoms with Gasteiger partial charge in [0.05, 0.1) is 18.3 Å². The van der Waals surface area contributed by atoms with Crippen LogP contribution in [0.1, 0.15) is 15.9 Å². The van der Waals surface area contributed by atoms with E-state index in [0.717, 1.165) is 0 Å². The summed E-state index contributed by atoms with van der Waals surface area (Å²) in [5.74, 6) is 4.14. The van der Waals surface area contributed by atoms with Crippen molar-refractivity contribution < 1.29 is 13.7 Å². The molecule has 0 atom stereocenters. The molecule has 5 nitrogen and oxygen atoms in total. The average Bonchev–Trinajstić information content (AvgIpc) is 2.90. The zero-order valence-electron chi connectivity index (χ0n) is 9.81. The molecule has 2 aromatic rings. The number of carbonyl (C=O) groups is 1. The van der Waals surface area contributed by atoms with Crippen molar-refractivity contribution in [3.8, 4) is 11.8 Å². The molecule has 6 heteroatoms. The standard InChI is InChI=1S/C13H10FN3O2/c14-12-4-3-9(2-1-5-15)6-11(12)13(18)17-10-7-16-19-8-10/h3-4,6-8H,5,15H2,(H,17,18). The minimum Gasteiger partial charge on any atom is -0.363 e. The molecule has 0 spiro atoms. The van der Waals surface area contributed by atoms with E-state index in [2.05, 4.69) is 26.8 Å². The van der Waals surface area contributed by atoms with Crippen LogP contribution in [0.25, 0.3) is 0 Å². The Morgan fingerprint density at radius 2 is 2.37 bits per heavy atom. The molecule has 1 aromatic heterocycles. The maximum absolute atomic E-state index is 13.6. The number of nitrogens with zero attached hydrogens (tertiary/aromatic N) is 1. The number of hydrogen-bond donors (Lipinski definition) is 2. The number of rotatable bonds is 2. The maximum Gasteiger partial charge on any atom is 0.258 e. The first-order chi connectivity index (χ1) is 9.20. The van der Waals surface area contributed by atoms with Crippen molar-refractivity contribution in [2.45, 2.75) is 0 Å². The fraction of sp³-hybridized carbons (Fsp3) is 0.0769. The predicted molar refractivity (Wildman–Crippen MR) is 66.8 cm³/mol. The number of hydrogen-bond acceptors (Lipinski definition) is 4. The number of halogens is 1. The van der Waals surface area contributed by atoms with Gasteiger partial charge in [-0.2, -0.15) is 0 Å². The van der Waals surface area contributed by atoms with E-state index in [0.29, 0.717) is 11.3 Å². The Morgan fingerprint density at radius 3 is 3.05 bits per heavy atom. The van der Waals surface area contributed by atoms with Crippen LogP contribution in [0.4, 0.5) is 10.1 Å². The van der Waals surface area contributed by atoms with Crippen molar-refractivity contribution in [1.29, 1.82) is 0 Å². The van der Waals surface area contributed by atoms with E-state index >= 15 is 0 Å². The average molecular weight is 259 g/mol. The zero-order chi connectivity index (χ0) is 13.7. The van der Waals surface area contributed by atoms with Gasteiger partial charge < -0.3 is 15.6 Å². The summed E-state index contributed by atoms with van der Waals surface area (Å²) in [5, 5.41) is 5.88. The number of benzene rings is 1.